The fourth-order valence-corrected chi connectivity index (χ4v) is 2.17. The van der Waals surface area contributed by atoms with Gasteiger partial charge in [0.25, 0.3) is 0 Å². The lowest BCUT2D eigenvalue weighted by Crippen LogP contribution is -2.36. The van der Waals surface area contributed by atoms with E-state index in [2.05, 4.69) is 5.92 Å². The molecule has 0 bridgehead atoms. The van der Waals surface area contributed by atoms with Crippen molar-refractivity contribution in [2.75, 3.05) is 19.8 Å². The van der Waals surface area contributed by atoms with E-state index in [-0.39, 0.29) is 18.8 Å². The minimum absolute atomic E-state index is 0.151. The van der Waals surface area contributed by atoms with Crippen molar-refractivity contribution in [3.63, 3.8) is 0 Å². The predicted octanol–water partition coefficient (Wildman–Crippen LogP) is 2.37. The molecule has 4 nitrogen and oxygen atoms in total. The van der Waals surface area contributed by atoms with Crippen LogP contribution in [0, 0.1) is 12.3 Å². The van der Waals surface area contributed by atoms with Crippen molar-refractivity contribution in [3.8, 4) is 12.3 Å². The summed E-state index contributed by atoms with van der Waals surface area (Å²) in [7, 11) is 0. The SMILES string of the molecule is C#CCOC[C@@H](OCc1ccccc1)[C@H]1COC(C)(C)O1. The Morgan fingerprint density at radius 2 is 2.14 bits per heavy atom. The third-order valence-corrected chi connectivity index (χ3v) is 3.22. The summed E-state index contributed by atoms with van der Waals surface area (Å²) in [6, 6.07) is 10.00. The molecule has 1 fully saturated rings. The first-order valence-electron chi connectivity index (χ1n) is 7.09. The first kappa shape index (κ1) is 16.0. The van der Waals surface area contributed by atoms with Crippen LogP contribution in [0.1, 0.15) is 19.4 Å². The highest BCUT2D eigenvalue weighted by Gasteiger charge is 2.38. The summed E-state index contributed by atoms with van der Waals surface area (Å²) < 4.78 is 22.8. The Morgan fingerprint density at radius 3 is 2.76 bits per heavy atom. The number of terminal acetylenes is 1. The molecule has 0 amide bonds. The molecule has 1 saturated heterocycles. The first-order valence-corrected chi connectivity index (χ1v) is 7.09. The normalized spacial score (nSPS) is 21.9. The molecule has 1 heterocycles. The van der Waals surface area contributed by atoms with Crippen molar-refractivity contribution in [3.05, 3.63) is 35.9 Å². The maximum absolute atomic E-state index is 5.95. The monoisotopic (exact) mass is 290 g/mol. The molecular formula is C17H22O4. The van der Waals surface area contributed by atoms with Gasteiger partial charge >= 0.3 is 0 Å². The standard InChI is InChI=1S/C17H22O4/c1-4-10-18-12-15(16-13-20-17(2,3)21-16)19-11-14-8-6-5-7-9-14/h1,5-9,15-16H,10-13H2,2-3H3/t15-,16-/m1/s1. The van der Waals surface area contributed by atoms with Gasteiger partial charge in [-0.2, -0.15) is 0 Å². The molecule has 0 spiro atoms. The van der Waals surface area contributed by atoms with Gasteiger partial charge in [0.1, 0.15) is 18.8 Å². The van der Waals surface area contributed by atoms with Gasteiger partial charge in [0.05, 0.1) is 19.8 Å². The molecule has 0 unspecified atom stereocenters. The van der Waals surface area contributed by atoms with Crippen molar-refractivity contribution in [1.29, 1.82) is 0 Å². The van der Waals surface area contributed by atoms with Crippen LogP contribution in [0.3, 0.4) is 0 Å². The summed E-state index contributed by atoms with van der Waals surface area (Å²) in [5.41, 5.74) is 1.11. The second-order valence-electron chi connectivity index (χ2n) is 5.42. The highest BCUT2D eigenvalue weighted by Crippen LogP contribution is 2.26. The maximum atomic E-state index is 5.95. The average Bonchev–Trinajstić information content (AvgIpc) is 2.84. The topological polar surface area (TPSA) is 36.9 Å². The minimum Gasteiger partial charge on any atom is -0.368 e. The molecule has 0 aromatic heterocycles. The molecule has 0 aliphatic carbocycles. The number of hydrogen-bond acceptors (Lipinski definition) is 4. The van der Waals surface area contributed by atoms with Crippen LogP contribution < -0.4 is 0 Å². The molecule has 0 radical (unpaired) electrons. The molecule has 114 valence electrons. The van der Waals surface area contributed by atoms with Gasteiger partial charge in [0, 0.05) is 0 Å². The second-order valence-corrected chi connectivity index (χ2v) is 5.42. The molecular weight excluding hydrogens is 268 g/mol. The van der Waals surface area contributed by atoms with Crippen LogP contribution in [0.2, 0.25) is 0 Å². The summed E-state index contributed by atoms with van der Waals surface area (Å²) in [4.78, 5) is 0. The largest absolute Gasteiger partial charge is 0.368 e. The lowest BCUT2D eigenvalue weighted by molar-refractivity contribution is -0.164. The minimum atomic E-state index is -0.578. The van der Waals surface area contributed by atoms with E-state index in [1.54, 1.807) is 0 Å². The van der Waals surface area contributed by atoms with Gasteiger partial charge < -0.3 is 18.9 Å². The Balaban J connectivity index is 1.91. The molecule has 1 aromatic carbocycles. The van der Waals surface area contributed by atoms with Crippen molar-refractivity contribution < 1.29 is 18.9 Å². The van der Waals surface area contributed by atoms with E-state index >= 15 is 0 Å². The van der Waals surface area contributed by atoms with Crippen LogP contribution >= 0.6 is 0 Å². The van der Waals surface area contributed by atoms with Gasteiger partial charge in [0.15, 0.2) is 5.79 Å². The molecule has 1 aliphatic heterocycles. The third-order valence-electron chi connectivity index (χ3n) is 3.22. The van der Waals surface area contributed by atoms with Crippen molar-refractivity contribution in [2.24, 2.45) is 0 Å². The number of ether oxygens (including phenoxy) is 4. The number of rotatable bonds is 7. The fourth-order valence-electron chi connectivity index (χ4n) is 2.17. The van der Waals surface area contributed by atoms with Crippen LogP contribution in [-0.4, -0.2) is 37.8 Å². The van der Waals surface area contributed by atoms with Gasteiger partial charge in [-0.25, -0.2) is 0 Å². The van der Waals surface area contributed by atoms with Gasteiger partial charge in [-0.3, -0.25) is 0 Å². The Bertz CT molecular complexity index is 463. The molecule has 0 N–H and O–H groups in total. The van der Waals surface area contributed by atoms with Gasteiger partial charge in [-0.05, 0) is 19.4 Å². The fraction of sp³-hybridized carbons (Fsp3) is 0.529. The summed E-state index contributed by atoms with van der Waals surface area (Å²) in [5.74, 6) is 1.88. The maximum Gasteiger partial charge on any atom is 0.163 e. The van der Waals surface area contributed by atoms with Gasteiger partial charge in [0.2, 0.25) is 0 Å². The van der Waals surface area contributed by atoms with Crippen LogP contribution in [0.4, 0.5) is 0 Å². The van der Waals surface area contributed by atoms with E-state index in [1.807, 2.05) is 44.2 Å². The van der Waals surface area contributed by atoms with E-state index in [4.69, 9.17) is 25.4 Å². The van der Waals surface area contributed by atoms with E-state index in [1.165, 1.54) is 0 Å². The Labute approximate surface area is 126 Å². The van der Waals surface area contributed by atoms with E-state index < -0.39 is 5.79 Å². The molecule has 21 heavy (non-hydrogen) atoms. The highest BCUT2D eigenvalue weighted by molar-refractivity contribution is 5.13. The van der Waals surface area contributed by atoms with Gasteiger partial charge in [-0.15, -0.1) is 6.42 Å². The Hall–Kier alpha value is -1.38. The zero-order valence-corrected chi connectivity index (χ0v) is 12.6. The second kappa shape index (κ2) is 7.58. The quantitative estimate of drug-likeness (QED) is 0.571. The smallest absolute Gasteiger partial charge is 0.163 e. The molecule has 2 atom stereocenters. The third kappa shape index (κ3) is 5.14. The number of hydrogen-bond donors (Lipinski definition) is 0. The summed E-state index contributed by atoms with van der Waals surface area (Å²) in [6.07, 6.45) is 4.85. The zero-order chi connectivity index (χ0) is 15.1. The zero-order valence-electron chi connectivity index (χ0n) is 12.6. The molecule has 4 heteroatoms. The average molecular weight is 290 g/mol. The lowest BCUT2D eigenvalue weighted by atomic mass is 10.2. The van der Waals surface area contributed by atoms with Crippen LogP contribution in [0.25, 0.3) is 0 Å². The summed E-state index contributed by atoms with van der Waals surface area (Å²) >= 11 is 0. The van der Waals surface area contributed by atoms with Crippen LogP contribution in [0.5, 0.6) is 0 Å². The Kier molecular flexibility index (Phi) is 5.77. The first-order chi connectivity index (χ1) is 10.1. The summed E-state index contributed by atoms with van der Waals surface area (Å²) in [6.45, 7) is 5.44. The van der Waals surface area contributed by atoms with Gasteiger partial charge in [-0.1, -0.05) is 36.3 Å². The van der Waals surface area contributed by atoms with Crippen LogP contribution in [-0.2, 0) is 25.6 Å². The summed E-state index contributed by atoms with van der Waals surface area (Å²) in [5, 5.41) is 0. The van der Waals surface area contributed by atoms with Crippen LogP contribution in [0.15, 0.2) is 30.3 Å². The van der Waals surface area contributed by atoms with E-state index in [9.17, 15) is 0 Å². The molecule has 0 saturated carbocycles. The lowest BCUT2D eigenvalue weighted by Gasteiger charge is -2.24. The van der Waals surface area contributed by atoms with E-state index in [0.29, 0.717) is 19.8 Å². The molecule has 1 aliphatic rings. The van der Waals surface area contributed by atoms with Crippen molar-refractivity contribution in [2.45, 2.75) is 38.4 Å². The number of benzene rings is 1. The molecule has 2 rings (SSSR count). The van der Waals surface area contributed by atoms with E-state index in [0.717, 1.165) is 5.56 Å². The Morgan fingerprint density at radius 1 is 1.38 bits per heavy atom. The predicted molar refractivity (Wildman–Crippen MR) is 79.6 cm³/mol. The highest BCUT2D eigenvalue weighted by atomic mass is 16.7. The van der Waals surface area contributed by atoms with Crippen molar-refractivity contribution >= 4 is 0 Å². The van der Waals surface area contributed by atoms with Crippen molar-refractivity contribution in [1.82, 2.24) is 0 Å². The molecule has 1 aromatic rings.